The summed E-state index contributed by atoms with van der Waals surface area (Å²) in [6.45, 7) is 2.77. The van der Waals surface area contributed by atoms with Crippen LogP contribution in [0.2, 0.25) is 0 Å². The lowest BCUT2D eigenvalue weighted by Gasteiger charge is -2.09. The summed E-state index contributed by atoms with van der Waals surface area (Å²) < 4.78 is 5.37. The quantitative estimate of drug-likeness (QED) is 0.865. The van der Waals surface area contributed by atoms with Gasteiger partial charge in [0.2, 0.25) is 0 Å². The van der Waals surface area contributed by atoms with E-state index in [-0.39, 0.29) is 5.91 Å². The van der Waals surface area contributed by atoms with E-state index in [9.17, 15) is 4.79 Å². The molecule has 1 amide bonds. The van der Waals surface area contributed by atoms with Crippen molar-refractivity contribution >= 4 is 16.9 Å². The number of hydrogen-bond acceptors (Lipinski definition) is 3. The van der Waals surface area contributed by atoms with Crippen LogP contribution in [0.1, 0.15) is 16.8 Å². The molecule has 94 valence electrons. The highest BCUT2D eigenvalue weighted by Gasteiger charge is 2.17. The van der Waals surface area contributed by atoms with Crippen LogP contribution in [-0.4, -0.2) is 25.5 Å². The first-order valence-corrected chi connectivity index (χ1v) is 6.30. The van der Waals surface area contributed by atoms with Crippen molar-refractivity contribution in [2.24, 2.45) is 5.92 Å². The van der Waals surface area contributed by atoms with Crippen molar-refractivity contribution in [3.05, 3.63) is 36.1 Å². The second kappa shape index (κ2) is 4.82. The Balaban J connectivity index is 1.71. The van der Waals surface area contributed by atoms with E-state index in [4.69, 9.17) is 4.42 Å². The van der Waals surface area contributed by atoms with Crippen molar-refractivity contribution in [2.75, 3.05) is 19.6 Å². The summed E-state index contributed by atoms with van der Waals surface area (Å²) in [5, 5.41) is 7.15. The fourth-order valence-corrected chi connectivity index (χ4v) is 2.37. The van der Waals surface area contributed by atoms with Gasteiger partial charge in [-0.2, -0.15) is 0 Å². The highest BCUT2D eigenvalue weighted by atomic mass is 16.3. The van der Waals surface area contributed by atoms with Gasteiger partial charge in [-0.05, 0) is 31.5 Å². The number of furan rings is 1. The van der Waals surface area contributed by atoms with Crippen LogP contribution in [0.15, 0.2) is 34.9 Å². The lowest BCUT2D eigenvalue weighted by molar-refractivity contribution is 0.0949. The second-order valence-corrected chi connectivity index (χ2v) is 4.71. The number of benzene rings is 1. The van der Waals surface area contributed by atoms with Crippen molar-refractivity contribution < 1.29 is 9.21 Å². The van der Waals surface area contributed by atoms with Gasteiger partial charge < -0.3 is 15.1 Å². The standard InChI is InChI=1S/C14H16N2O2/c17-14(16-8-10-5-6-15-7-10)12-9-18-13-4-2-1-3-11(12)13/h1-4,9-10,15H,5-8H2,(H,16,17). The molecule has 4 nitrogen and oxygen atoms in total. The maximum absolute atomic E-state index is 12.1. The van der Waals surface area contributed by atoms with E-state index >= 15 is 0 Å². The number of carbonyl (C=O) groups excluding carboxylic acids is 1. The van der Waals surface area contributed by atoms with Gasteiger partial charge >= 0.3 is 0 Å². The van der Waals surface area contributed by atoms with Crippen LogP contribution in [0.3, 0.4) is 0 Å². The summed E-state index contributed by atoms with van der Waals surface area (Å²) in [6.07, 6.45) is 2.67. The molecule has 0 bridgehead atoms. The zero-order valence-corrected chi connectivity index (χ0v) is 10.1. The number of rotatable bonds is 3. The summed E-state index contributed by atoms with van der Waals surface area (Å²) in [7, 11) is 0. The largest absolute Gasteiger partial charge is 0.463 e. The summed E-state index contributed by atoms with van der Waals surface area (Å²) in [4.78, 5) is 12.1. The fourth-order valence-electron chi connectivity index (χ4n) is 2.37. The van der Waals surface area contributed by atoms with Crippen molar-refractivity contribution in [3.63, 3.8) is 0 Å². The van der Waals surface area contributed by atoms with Gasteiger partial charge in [0, 0.05) is 11.9 Å². The van der Waals surface area contributed by atoms with E-state index in [1.54, 1.807) is 0 Å². The summed E-state index contributed by atoms with van der Waals surface area (Å²) in [5.74, 6) is 0.499. The fraction of sp³-hybridized carbons (Fsp3) is 0.357. The van der Waals surface area contributed by atoms with Crippen LogP contribution >= 0.6 is 0 Å². The van der Waals surface area contributed by atoms with E-state index < -0.39 is 0 Å². The van der Waals surface area contributed by atoms with Crippen LogP contribution in [0, 0.1) is 5.92 Å². The van der Waals surface area contributed by atoms with Crippen molar-refractivity contribution in [1.29, 1.82) is 0 Å². The van der Waals surface area contributed by atoms with Gasteiger partial charge in [-0.25, -0.2) is 0 Å². The number of para-hydroxylation sites is 1. The molecule has 1 aromatic carbocycles. The molecule has 2 N–H and O–H groups in total. The molecule has 4 heteroatoms. The van der Waals surface area contributed by atoms with Gasteiger partial charge in [0.1, 0.15) is 11.8 Å². The molecule has 1 fully saturated rings. The Morgan fingerprint density at radius 1 is 1.44 bits per heavy atom. The van der Waals surface area contributed by atoms with Gasteiger partial charge in [0.15, 0.2) is 0 Å². The monoisotopic (exact) mass is 244 g/mol. The van der Waals surface area contributed by atoms with Crippen LogP contribution in [0.25, 0.3) is 11.0 Å². The van der Waals surface area contributed by atoms with E-state index in [1.165, 1.54) is 6.26 Å². The van der Waals surface area contributed by atoms with E-state index in [2.05, 4.69) is 10.6 Å². The molecule has 2 aromatic rings. The molecule has 0 radical (unpaired) electrons. The van der Waals surface area contributed by atoms with Gasteiger partial charge in [0.25, 0.3) is 5.91 Å². The van der Waals surface area contributed by atoms with Crippen LogP contribution < -0.4 is 10.6 Å². The minimum Gasteiger partial charge on any atom is -0.463 e. The highest BCUT2D eigenvalue weighted by molar-refractivity contribution is 6.05. The number of fused-ring (bicyclic) bond motifs is 1. The van der Waals surface area contributed by atoms with Gasteiger partial charge in [-0.15, -0.1) is 0 Å². The maximum atomic E-state index is 12.1. The number of amides is 1. The van der Waals surface area contributed by atoms with Gasteiger partial charge in [-0.1, -0.05) is 18.2 Å². The number of hydrogen-bond donors (Lipinski definition) is 2. The first-order chi connectivity index (χ1) is 8.84. The van der Waals surface area contributed by atoms with Gasteiger partial charge in [-0.3, -0.25) is 4.79 Å². The highest BCUT2D eigenvalue weighted by Crippen LogP contribution is 2.20. The van der Waals surface area contributed by atoms with Gasteiger partial charge in [0.05, 0.1) is 5.56 Å². The smallest absolute Gasteiger partial charge is 0.255 e. The molecule has 1 saturated heterocycles. The predicted octanol–water partition coefficient (Wildman–Crippen LogP) is 1.77. The van der Waals surface area contributed by atoms with Crippen LogP contribution in [0.4, 0.5) is 0 Å². The third-order valence-electron chi connectivity index (χ3n) is 3.44. The Morgan fingerprint density at radius 2 is 2.33 bits per heavy atom. The predicted molar refractivity (Wildman–Crippen MR) is 69.5 cm³/mol. The molecule has 0 spiro atoms. The van der Waals surface area contributed by atoms with E-state index in [1.807, 2.05) is 24.3 Å². The average molecular weight is 244 g/mol. The second-order valence-electron chi connectivity index (χ2n) is 4.71. The third kappa shape index (κ3) is 2.11. The molecule has 0 saturated carbocycles. The third-order valence-corrected chi connectivity index (χ3v) is 3.44. The molecular formula is C14H16N2O2. The minimum absolute atomic E-state index is 0.0492. The lowest BCUT2D eigenvalue weighted by atomic mass is 10.1. The topological polar surface area (TPSA) is 54.3 Å². The van der Waals surface area contributed by atoms with Crippen LogP contribution in [-0.2, 0) is 0 Å². The molecule has 1 atom stereocenters. The van der Waals surface area contributed by atoms with E-state index in [0.29, 0.717) is 11.5 Å². The Morgan fingerprint density at radius 3 is 3.17 bits per heavy atom. The summed E-state index contributed by atoms with van der Waals surface area (Å²) >= 11 is 0. The molecule has 1 aliphatic rings. The molecule has 1 aliphatic heterocycles. The molecule has 0 aliphatic carbocycles. The van der Waals surface area contributed by atoms with Crippen molar-refractivity contribution in [2.45, 2.75) is 6.42 Å². The Labute approximate surface area is 105 Å². The summed E-state index contributed by atoms with van der Waals surface area (Å²) in [5.41, 5.74) is 1.38. The lowest BCUT2D eigenvalue weighted by Crippen LogP contribution is -2.30. The molecule has 3 rings (SSSR count). The Hall–Kier alpha value is -1.81. The molecule has 1 unspecified atom stereocenters. The minimum atomic E-state index is -0.0492. The Bertz CT molecular complexity index is 556. The normalized spacial score (nSPS) is 19.2. The zero-order chi connectivity index (χ0) is 12.4. The number of nitrogens with one attached hydrogen (secondary N) is 2. The maximum Gasteiger partial charge on any atom is 0.255 e. The first kappa shape index (κ1) is 11.3. The van der Waals surface area contributed by atoms with Crippen LogP contribution in [0.5, 0.6) is 0 Å². The van der Waals surface area contributed by atoms with Crippen molar-refractivity contribution in [1.82, 2.24) is 10.6 Å². The molecular weight excluding hydrogens is 228 g/mol. The zero-order valence-electron chi connectivity index (χ0n) is 10.1. The van der Waals surface area contributed by atoms with E-state index in [0.717, 1.165) is 37.0 Å². The van der Waals surface area contributed by atoms with Crippen molar-refractivity contribution in [3.8, 4) is 0 Å². The SMILES string of the molecule is O=C(NCC1CCNC1)c1coc2ccccc12. The molecule has 2 heterocycles. The summed E-state index contributed by atoms with van der Waals surface area (Å²) in [6, 6.07) is 7.59. The number of carbonyl (C=O) groups is 1. The molecule has 18 heavy (non-hydrogen) atoms. The Kier molecular flexibility index (Phi) is 3.02. The average Bonchev–Trinajstić information content (AvgIpc) is 3.05. The molecule has 1 aromatic heterocycles. The first-order valence-electron chi connectivity index (χ1n) is 6.30.